The lowest BCUT2D eigenvalue weighted by molar-refractivity contribution is -0.161. The Morgan fingerprint density at radius 1 is 1.00 bits per heavy atom. The summed E-state index contributed by atoms with van der Waals surface area (Å²) in [5.74, 6) is 1.38. The molecule has 4 nitrogen and oxygen atoms in total. The van der Waals surface area contributed by atoms with Gasteiger partial charge in [-0.1, -0.05) is 65.8 Å². The average Bonchev–Trinajstić information content (AvgIpc) is 2.72. The Labute approximate surface area is 188 Å². The van der Waals surface area contributed by atoms with Crippen LogP contribution in [0.2, 0.25) is 0 Å². The zero-order valence-electron chi connectivity index (χ0n) is 20.1. The Morgan fingerprint density at radius 3 is 2.39 bits per heavy atom. The van der Waals surface area contributed by atoms with Gasteiger partial charge in [-0.25, -0.2) is 0 Å². The zero-order valence-corrected chi connectivity index (χ0v) is 20.1. The molecule has 5 atom stereocenters. The summed E-state index contributed by atoms with van der Waals surface area (Å²) in [5, 5.41) is 0. The van der Waals surface area contributed by atoms with E-state index in [1.807, 2.05) is 0 Å². The zero-order chi connectivity index (χ0) is 22.8. The first-order valence-corrected chi connectivity index (χ1v) is 12.0. The summed E-state index contributed by atoms with van der Waals surface area (Å²) in [6.45, 7) is 13.9. The van der Waals surface area contributed by atoms with Gasteiger partial charge in [0.05, 0.1) is 25.0 Å². The molecule has 4 heteroatoms. The van der Waals surface area contributed by atoms with Crippen molar-refractivity contribution in [2.45, 2.75) is 79.1 Å². The first kappa shape index (κ1) is 23.8. The third-order valence-corrected chi connectivity index (χ3v) is 7.39. The first-order valence-electron chi connectivity index (χ1n) is 12.0. The minimum atomic E-state index is -0.0486. The number of cyclic esters (lactones) is 2. The van der Waals surface area contributed by atoms with E-state index in [1.54, 1.807) is 0 Å². The van der Waals surface area contributed by atoms with E-state index >= 15 is 0 Å². The topological polar surface area (TPSA) is 52.6 Å². The molecule has 2 aliphatic heterocycles. The van der Waals surface area contributed by atoms with Gasteiger partial charge in [-0.15, -0.1) is 0 Å². The van der Waals surface area contributed by atoms with Gasteiger partial charge in [0.1, 0.15) is 0 Å². The van der Waals surface area contributed by atoms with Crippen LogP contribution in [0.15, 0.2) is 24.3 Å². The van der Waals surface area contributed by atoms with Crippen LogP contribution >= 0.6 is 0 Å². The lowest BCUT2D eigenvalue weighted by Gasteiger charge is -2.36. The van der Waals surface area contributed by atoms with Crippen molar-refractivity contribution in [3.05, 3.63) is 35.4 Å². The second-order valence-electron chi connectivity index (χ2n) is 11.2. The fourth-order valence-electron chi connectivity index (χ4n) is 5.02. The highest BCUT2D eigenvalue weighted by atomic mass is 16.5. The third-order valence-electron chi connectivity index (χ3n) is 7.39. The van der Waals surface area contributed by atoms with Crippen LogP contribution in [0.5, 0.6) is 0 Å². The van der Waals surface area contributed by atoms with Crippen LogP contribution in [-0.4, -0.2) is 25.2 Å². The maximum absolute atomic E-state index is 12.2. The summed E-state index contributed by atoms with van der Waals surface area (Å²) < 4.78 is 11.0. The predicted molar refractivity (Wildman–Crippen MR) is 123 cm³/mol. The number of benzene rings is 1. The Bertz CT molecular complexity index is 776. The molecule has 1 aromatic carbocycles. The highest BCUT2D eigenvalue weighted by molar-refractivity contribution is 5.74. The van der Waals surface area contributed by atoms with Crippen molar-refractivity contribution in [1.82, 2.24) is 0 Å². The molecular formula is C27H40O4. The van der Waals surface area contributed by atoms with Gasteiger partial charge in [0.15, 0.2) is 0 Å². The lowest BCUT2D eigenvalue weighted by Crippen LogP contribution is -2.38. The largest absolute Gasteiger partial charge is 0.465 e. The van der Waals surface area contributed by atoms with Gasteiger partial charge in [0, 0.05) is 5.92 Å². The van der Waals surface area contributed by atoms with E-state index in [0.29, 0.717) is 31.0 Å². The van der Waals surface area contributed by atoms with Crippen LogP contribution in [0.4, 0.5) is 0 Å². The van der Waals surface area contributed by atoms with Gasteiger partial charge < -0.3 is 9.47 Å². The molecule has 0 aliphatic carbocycles. The van der Waals surface area contributed by atoms with Crippen LogP contribution in [0.25, 0.3) is 0 Å². The van der Waals surface area contributed by atoms with E-state index in [0.717, 1.165) is 25.7 Å². The molecule has 0 bridgehead atoms. The minimum Gasteiger partial charge on any atom is -0.465 e. The summed E-state index contributed by atoms with van der Waals surface area (Å²) in [4.78, 5) is 24.2. The molecule has 0 radical (unpaired) electrons. The second kappa shape index (κ2) is 9.75. The second-order valence-corrected chi connectivity index (χ2v) is 11.2. The molecular weight excluding hydrogens is 388 g/mol. The van der Waals surface area contributed by atoms with Gasteiger partial charge >= 0.3 is 11.9 Å². The number of hydrogen-bond donors (Lipinski definition) is 0. The summed E-state index contributed by atoms with van der Waals surface area (Å²) in [5.41, 5.74) is 2.57. The number of esters is 2. The van der Waals surface area contributed by atoms with Crippen LogP contribution in [-0.2, 0) is 19.1 Å². The van der Waals surface area contributed by atoms with Gasteiger partial charge in [0.25, 0.3) is 0 Å². The standard InChI is InChI=1S/C27H40O4/c1-17(2)23-14-22(16-31-25(23)28)21-9-7-8-20(13-21)18(3)10-11-19-12-24(27(4,5)6)26(29)30-15-19/h7-9,13,17-19,22-24H,10-12,14-16H2,1-6H3. The number of rotatable bonds is 6. The van der Waals surface area contributed by atoms with Gasteiger partial charge in [-0.05, 0) is 60.0 Å². The van der Waals surface area contributed by atoms with E-state index in [9.17, 15) is 9.59 Å². The molecule has 2 aliphatic rings. The number of carbonyl (C=O) groups excluding carboxylic acids is 2. The monoisotopic (exact) mass is 428 g/mol. The van der Waals surface area contributed by atoms with Crippen LogP contribution in [0.1, 0.15) is 90.2 Å². The van der Waals surface area contributed by atoms with Crippen LogP contribution < -0.4 is 0 Å². The molecule has 0 spiro atoms. The quantitative estimate of drug-likeness (QED) is 0.514. The molecule has 31 heavy (non-hydrogen) atoms. The van der Waals surface area contributed by atoms with Crippen LogP contribution in [0.3, 0.4) is 0 Å². The summed E-state index contributed by atoms with van der Waals surface area (Å²) >= 11 is 0. The number of carbonyl (C=O) groups is 2. The highest BCUT2D eigenvalue weighted by Gasteiger charge is 2.38. The molecule has 0 N–H and O–H groups in total. The Hall–Kier alpha value is -1.84. The molecule has 0 amide bonds. The smallest absolute Gasteiger partial charge is 0.309 e. The van der Waals surface area contributed by atoms with Crippen molar-refractivity contribution < 1.29 is 19.1 Å². The third kappa shape index (κ3) is 5.90. The van der Waals surface area contributed by atoms with E-state index < -0.39 is 0 Å². The molecule has 0 saturated carbocycles. The lowest BCUT2D eigenvalue weighted by atomic mass is 9.73. The van der Waals surface area contributed by atoms with Crippen molar-refractivity contribution in [2.24, 2.45) is 29.1 Å². The molecule has 2 heterocycles. The molecule has 2 fully saturated rings. The fraction of sp³-hybridized carbons (Fsp3) is 0.704. The molecule has 1 aromatic rings. The van der Waals surface area contributed by atoms with Gasteiger partial charge in [0.2, 0.25) is 0 Å². The van der Waals surface area contributed by atoms with Gasteiger partial charge in [-0.2, -0.15) is 0 Å². The Kier molecular flexibility index (Phi) is 7.49. The minimum absolute atomic E-state index is 0.00667. The number of ether oxygens (including phenoxy) is 2. The number of hydrogen-bond acceptors (Lipinski definition) is 4. The Balaban J connectivity index is 1.60. The van der Waals surface area contributed by atoms with Crippen molar-refractivity contribution in [1.29, 1.82) is 0 Å². The van der Waals surface area contributed by atoms with Gasteiger partial charge in [-0.3, -0.25) is 9.59 Å². The van der Waals surface area contributed by atoms with Crippen molar-refractivity contribution in [3.63, 3.8) is 0 Å². The maximum atomic E-state index is 12.2. The SMILES string of the molecule is CC(CCC1COC(=O)C(C(C)(C)C)C1)c1cccc(C2COC(=O)C(C(C)C)C2)c1. The molecule has 0 aromatic heterocycles. The average molecular weight is 429 g/mol. The molecule has 2 saturated heterocycles. The maximum Gasteiger partial charge on any atom is 0.309 e. The summed E-state index contributed by atoms with van der Waals surface area (Å²) in [6, 6.07) is 8.83. The van der Waals surface area contributed by atoms with E-state index in [1.165, 1.54) is 11.1 Å². The Morgan fingerprint density at radius 2 is 1.71 bits per heavy atom. The molecule has 3 rings (SSSR count). The summed E-state index contributed by atoms with van der Waals surface area (Å²) in [6.07, 6.45) is 3.95. The van der Waals surface area contributed by atoms with E-state index in [4.69, 9.17) is 9.47 Å². The van der Waals surface area contributed by atoms with Crippen molar-refractivity contribution in [3.8, 4) is 0 Å². The molecule has 172 valence electrons. The van der Waals surface area contributed by atoms with Crippen molar-refractivity contribution in [2.75, 3.05) is 13.2 Å². The summed E-state index contributed by atoms with van der Waals surface area (Å²) in [7, 11) is 0. The van der Waals surface area contributed by atoms with Crippen LogP contribution in [0, 0.1) is 29.1 Å². The first-order chi connectivity index (χ1) is 14.6. The normalized spacial score (nSPS) is 28.2. The van der Waals surface area contributed by atoms with Crippen molar-refractivity contribution >= 4 is 11.9 Å². The van der Waals surface area contributed by atoms with E-state index in [2.05, 4.69) is 65.8 Å². The van der Waals surface area contributed by atoms with E-state index in [-0.39, 0.29) is 35.1 Å². The predicted octanol–water partition coefficient (Wildman–Crippen LogP) is 6.10. The highest BCUT2D eigenvalue weighted by Crippen LogP contribution is 2.38. The fourth-order valence-corrected chi connectivity index (χ4v) is 5.02. The molecule has 5 unspecified atom stereocenters.